The Morgan fingerprint density at radius 2 is 2.12 bits per heavy atom. The third kappa shape index (κ3) is 2.39. The number of aliphatic hydroxyl groups is 1. The zero-order valence-corrected chi connectivity index (χ0v) is 9.39. The van der Waals surface area contributed by atoms with Crippen molar-refractivity contribution in [2.75, 3.05) is 18.0 Å². The Bertz CT molecular complexity index is 367. The van der Waals surface area contributed by atoms with Gasteiger partial charge in [-0.05, 0) is 31.9 Å². The first kappa shape index (κ1) is 11.1. The summed E-state index contributed by atoms with van der Waals surface area (Å²) in [4.78, 5) is 17.5. The molecule has 1 aliphatic rings. The van der Waals surface area contributed by atoms with E-state index in [1.807, 2.05) is 6.07 Å². The van der Waals surface area contributed by atoms with Crippen LogP contribution in [0, 0.1) is 0 Å². The Labute approximate surface area is 94.9 Å². The van der Waals surface area contributed by atoms with Gasteiger partial charge in [0.2, 0.25) is 0 Å². The highest BCUT2D eigenvalue weighted by molar-refractivity contribution is 5.93. The van der Waals surface area contributed by atoms with Crippen LogP contribution in [-0.4, -0.2) is 35.1 Å². The van der Waals surface area contributed by atoms with Gasteiger partial charge in [-0.2, -0.15) is 0 Å². The van der Waals surface area contributed by atoms with Gasteiger partial charge in [-0.25, -0.2) is 4.98 Å². The van der Waals surface area contributed by atoms with E-state index in [-0.39, 0.29) is 11.9 Å². The normalized spacial score (nSPS) is 17.5. The fraction of sp³-hybridized carbons (Fsp3) is 0.500. The predicted molar refractivity (Wildman–Crippen MR) is 61.7 cm³/mol. The third-order valence-corrected chi connectivity index (χ3v) is 2.94. The largest absolute Gasteiger partial charge is 0.393 e. The van der Waals surface area contributed by atoms with Crippen LogP contribution in [0.2, 0.25) is 0 Å². The molecule has 0 unspecified atom stereocenters. The number of nitrogens with zero attached hydrogens (tertiary/aromatic N) is 2. The van der Waals surface area contributed by atoms with E-state index in [4.69, 9.17) is 0 Å². The lowest BCUT2D eigenvalue weighted by atomic mass is 10.1. The number of hydrogen-bond donors (Lipinski definition) is 1. The summed E-state index contributed by atoms with van der Waals surface area (Å²) < 4.78 is 0. The number of aromatic nitrogens is 1. The molecule has 1 aromatic heterocycles. The smallest absolute Gasteiger partial charge is 0.161 e. The molecule has 0 aliphatic carbocycles. The van der Waals surface area contributed by atoms with E-state index in [1.165, 1.54) is 6.92 Å². The first-order valence-electron chi connectivity index (χ1n) is 5.57. The van der Waals surface area contributed by atoms with Crippen LogP contribution >= 0.6 is 0 Å². The third-order valence-electron chi connectivity index (χ3n) is 2.94. The number of rotatable bonds is 2. The summed E-state index contributed by atoms with van der Waals surface area (Å²) in [5, 5.41) is 9.40. The Kier molecular flexibility index (Phi) is 3.19. The van der Waals surface area contributed by atoms with E-state index >= 15 is 0 Å². The first-order chi connectivity index (χ1) is 7.66. The number of carbonyl (C=O) groups excluding carboxylic acids is 1. The molecule has 86 valence electrons. The highest BCUT2D eigenvalue weighted by Crippen LogP contribution is 2.17. The van der Waals surface area contributed by atoms with Gasteiger partial charge in [0.05, 0.1) is 6.10 Å². The van der Waals surface area contributed by atoms with Crippen LogP contribution in [0.25, 0.3) is 0 Å². The fourth-order valence-electron chi connectivity index (χ4n) is 1.88. The Morgan fingerprint density at radius 3 is 2.62 bits per heavy atom. The summed E-state index contributed by atoms with van der Waals surface area (Å²) in [5.41, 5.74) is 0.640. The van der Waals surface area contributed by atoms with Gasteiger partial charge in [-0.15, -0.1) is 0 Å². The molecule has 1 fully saturated rings. The summed E-state index contributed by atoms with van der Waals surface area (Å²) in [6.07, 6.45) is 3.02. The molecule has 4 heteroatoms. The molecular formula is C12H16N2O2. The van der Waals surface area contributed by atoms with E-state index < -0.39 is 0 Å². The molecule has 1 saturated heterocycles. The van der Waals surface area contributed by atoms with Gasteiger partial charge in [-0.1, -0.05) is 0 Å². The van der Waals surface area contributed by atoms with Gasteiger partial charge in [-0.3, -0.25) is 4.79 Å². The van der Waals surface area contributed by atoms with E-state index in [2.05, 4.69) is 9.88 Å². The van der Waals surface area contributed by atoms with Gasteiger partial charge < -0.3 is 10.0 Å². The Balaban J connectivity index is 2.07. The molecule has 1 N–H and O–H groups in total. The molecule has 0 saturated carbocycles. The molecule has 1 aromatic rings. The van der Waals surface area contributed by atoms with Crippen LogP contribution < -0.4 is 4.90 Å². The van der Waals surface area contributed by atoms with Crippen molar-refractivity contribution in [2.24, 2.45) is 0 Å². The molecule has 2 rings (SSSR count). The van der Waals surface area contributed by atoms with Gasteiger partial charge in [0, 0.05) is 24.8 Å². The van der Waals surface area contributed by atoms with Crippen molar-refractivity contribution < 1.29 is 9.90 Å². The molecule has 0 aromatic carbocycles. The lowest BCUT2D eigenvalue weighted by molar-refractivity contribution is 0.101. The number of piperidine rings is 1. The van der Waals surface area contributed by atoms with Crippen molar-refractivity contribution in [2.45, 2.75) is 25.9 Å². The molecule has 0 bridgehead atoms. The summed E-state index contributed by atoms with van der Waals surface area (Å²) in [7, 11) is 0. The second-order valence-corrected chi connectivity index (χ2v) is 4.18. The quantitative estimate of drug-likeness (QED) is 0.762. The van der Waals surface area contributed by atoms with Crippen molar-refractivity contribution in [1.29, 1.82) is 0 Å². The van der Waals surface area contributed by atoms with Crippen molar-refractivity contribution in [3.05, 3.63) is 23.9 Å². The van der Waals surface area contributed by atoms with E-state index in [0.29, 0.717) is 5.56 Å². The minimum absolute atomic E-state index is 0.0353. The molecule has 16 heavy (non-hydrogen) atoms. The number of pyridine rings is 1. The van der Waals surface area contributed by atoms with Crippen molar-refractivity contribution in [1.82, 2.24) is 4.98 Å². The molecule has 2 heterocycles. The molecule has 1 aliphatic heterocycles. The summed E-state index contributed by atoms with van der Waals surface area (Å²) >= 11 is 0. The second-order valence-electron chi connectivity index (χ2n) is 4.18. The maximum atomic E-state index is 11.1. The van der Waals surface area contributed by atoms with E-state index in [1.54, 1.807) is 12.3 Å². The molecule has 0 radical (unpaired) electrons. The monoisotopic (exact) mass is 220 g/mol. The number of carbonyl (C=O) groups is 1. The average Bonchev–Trinajstić information content (AvgIpc) is 2.30. The SMILES string of the molecule is CC(=O)c1ccc(N2CCC(O)CC2)nc1. The maximum absolute atomic E-state index is 11.1. The van der Waals surface area contributed by atoms with Crippen LogP contribution in [0.3, 0.4) is 0 Å². The molecule has 0 amide bonds. The van der Waals surface area contributed by atoms with Gasteiger partial charge >= 0.3 is 0 Å². The summed E-state index contributed by atoms with van der Waals surface area (Å²) in [6.45, 7) is 3.19. The van der Waals surface area contributed by atoms with E-state index in [9.17, 15) is 9.90 Å². The predicted octanol–water partition coefficient (Wildman–Crippen LogP) is 1.25. The van der Waals surface area contributed by atoms with Gasteiger partial charge in [0.15, 0.2) is 5.78 Å². The fourth-order valence-corrected chi connectivity index (χ4v) is 1.88. The number of ketones is 1. The highest BCUT2D eigenvalue weighted by atomic mass is 16.3. The summed E-state index contributed by atoms with van der Waals surface area (Å²) in [5.74, 6) is 0.921. The summed E-state index contributed by atoms with van der Waals surface area (Å²) in [6, 6.07) is 3.67. The number of aliphatic hydroxyl groups excluding tert-OH is 1. The highest BCUT2D eigenvalue weighted by Gasteiger charge is 2.17. The zero-order chi connectivity index (χ0) is 11.5. The minimum Gasteiger partial charge on any atom is -0.393 e. The van der Waals surface area contributed by atoms with Crippen molar-refractivity contribution in [3.8, 4) is 0 Å². The van der Waals surface area contributed by atoms with Gasteiger partial charge in [0.25, 0.3) is 0 Å². The topological polar surface area (TPSA) is 53.4 Å². The Hall–Kier alpha value is -1.42. The van der Waals surface area contributed by atoms with Crippen molar-refractivity contribution >= 4 is 11.6 Å². The second kappa shape index (κ2) is 4.61. The molecular weight excluding hydrogens is 204 g/mol. The zero-order valence-electron chi connectivity index (χ0n) is 9.39. The van der Waals surface area contributed by atoms with Crippen LogP contribution in [0.15, 0.2) is 18.3 Å². The minimum atomic E-state index is -0.173. The van der Waals surface area contributed by atoms with Crippen LogP contribution in [0.4, 0.5) is 5.82 Å². The van der Waals surface area contributed by atoms with Gasteiger partial charge in [0.1, 0.15) is 5.82 Å². The number of anilines is 1. The molecule has 4 nitrogen and oxygen atoms in total. The Morgan fingerprint density at radius 1 is 1.44 bits per heavy atom. The number of Topliss-reactive ketones (excluding diaryl/α,β-unsaturated/α-hetero) is 1. The van der Waals surface area contributed by atoms with Crippen LogP contribution in [-0.2, 0) is 0 Å². The van der Waals surface area contributed by atoms with Crippen LogP contribution in [0.1, 0.15) is 30.1 Å². The molecule has 0 atom stereocenters. The van der Waals surface area contributed by atoms with E-state index in [0.717, 1.165) is 31.7 Å². The average molecular weight is 220 g/mol. The lowest BCUT2D eigenvalue weighted by Crippen LogP contribution is -2.36. The number of hydrogen-bond acceptors (Lipinski definition) is 4. The van der Waals surface area contributed by atoms with Crippen molar-refractivity contribution in [3.63, 3.8) is 0 Å². The maximum Gasteiger partial charge on any atom is 0.161 e. The molecule has 0 spiro atoms. The standard InChI is InChI=1S/C12H16N2O2/c1-9(15)10-2-3-12(13-8-10)14-6-4-11(16)5-7-14/h2-3,8,11,16H,4-7H2,1H3. The van der Waals surface area contributed by atoms with Crippen LogP contribution in [0.5, 0.6) is 0 Å². The first-order valence-corrected chi connectivity index (χ1v) is 5.57. The lowest BCUT2D eigenvalue weighted by Gasteiger charge is -2.30.